The number of carbonyl (C=O) groups is 1. The van der Waals surface area contributed by atoms with E-state index >= 15 is 0 Å². The van der Waals surface area contributed by atoms with Crippen LogP contribution in [0.1, 0.15) is 13.8 Å². The Morgan fingerprint density at radius 2 is 1.90 bits per heavy atom. The third-order valence-electron chi connectivity index (χ3n) is 1.86. The van der Waals surface area contributed by atoms with E-state index in [9.17, 15) is 4.79 Å². The quantitative estimate of drug-likeness (QED) is 0.492. The molecule has 1 saturated heterocycles. The van der Waals surface area contributed by atoms with Crippen molar-refractivity contribution in [1.29, 1.82) is 0 Å². The van der Waals surface area contributed by atoms with E-state index in [1.165, 1.54) is 0 Å². The van der Waals surface area contributed by atoms with Gasteiger partial charge in [-0.2, -0.15) is 0 Å². The normalized spacial score (nSPS) is 34.0. The zero-order chi connectivity index (χ0) is 7.56. The molecule has 0 aromatic carbocycles. The summed E-state index contributed by atoms with van der Waals surface area (Å²) in [5, 5.41) is 0. The van der Waals surface area contributed by atoms with Crippen molar-refractivity contribution in [3.05, 3.63) is 0 Å². The number of amides is 1. The Bertz CT molecular complexity index is 117. The summed E-state index contributed by atoms with van der Waals surface area (Å²) in [7, 11) is 0. The molecule has 2 atom stereocenters. The summed E-state index contributed by atoms with van der Waals surface area (Å²) in [5.41, 5.74) is 0. The van der Waals surface area contributed by atoms with Gasteiger partial charge in [0, 0.05) is 0 Å². The first-order valence-corrected chi connectivity index (χ1v) is 3.56. The summed E-state index contributed by atoms with van der Waals surface area (Å²) in [6, 6.07) is 0.475. The predicted molar refractivity (Wildman–Crippen MR) is 37.6 cm³/mol. The van der Waals surface area contributed by atoms with Gasteiger partial charge in [0.15, 0.2) is 0 Å². The first kappa shape index (κ1) is 7.54. The summed E-state index contributed by atoms with van der Waals surface area (Å²) >= 11 is 0. The number of hydrogen-bond donors (Lipinski definition) is 0. The second-order valence-corrected chi connectivity index (χ2v) is 2.79. The minimum Gasteiger partial charge on any atom is -0.377 e. The maximum absolute atomic E-state index is 10.5. The van der Waals surface area contributed by atoms with E-state index < -0.39 is 0 Å². The monoisotopic (exact) mass is 143 g/mol. The average Bonchev–Trinajstić information content (AvgIpc) is 1.88. The van der Waals surface area contributed by atoms with E-state index in [0.717, 1.165) is 6.41 Å². The van der Waals surface area contributed by atoms with Crippen LogP contribution in [0.25, 0.3) is 0 Å². The average molecular weight is 143 g/mol. The maximum atomic E-state index is 10.5. The summed E-state index contributed by atoms with van der Waals surface area (Å²) < 4.78 is 5.23. The van der Waals surface area contributed by atoms with Crippen molar-refractivity contribution in [2.75, 3.05) is 13.2 Å². The molecule has 0 spiro atoms. The lowest BCUT2D eigenvalue weighted by atomic mass is 10.2. The van der Waals surface area contributed by atoms with Crippen LogP contribution < -0.4 is 0 Å². The molecule has 0 N–H and O–H groups in total. The first-order chi connectivity index (χ1) is 4.75. The Morgan fingerprint density at radius 3 is 2.20 bits per heavy atom. The van der Waals surface area contributed by atoms with Crippen molar-refractivity contribution in [1.82, 2.24) is 4.90 Å². The van der Waals surface area contributed by atoms with Crippen molar-refractivity contribution in [3.8, 4) is 0 Å². The van der Waals surface area contributed by atoms with Gasteiger partial charge < -0.3 is 9.64 Å². The van der Waals surface area contributed by atoms with E-state index in [4.69, 9.17) is 4.74 Å². The molecule has 2 unspecified atom stereocenters. The lowest BCUT2D eigenvalue weighted by molar-refractivity contribution is -0.130. The Morgan fingerprint density at radius 1 is 1.40 bits per heavy atom. The third kappa shape index (κ3) is 1.29. The van der Waals surface area contributed by atoms with E-state index in [0.29, 0.717) is 13.2 Å². The van der Waals surface area contributed by atoms with E-state index in [1.807, 2.05) is 13.8 Å². The Balaban J connectivity index is 2.53. The zero-order valence-electron chi connectivity index (χ0n) is 6.41. The number of hydrogen-bond acceptors (Lipinski definition) is 2. The van der Waals surface area contributed by atoms with Crippen LogP contribution in [-0.4, -0.2) is 36.6 Å². The van der Waals surface area contributed by atoms with Gasteiger partial charge in [-0.05, 0) is 13.8 Å². The van der Waals surface area contributed by atoms with Gasteiger partial charge in [0.2, 0.25) is 6.41 Å². The molecule has 0 radical (unpaired) electrons. The molecule has 1 rings (SSSR count). The van der Waals surface area contributed by atoms with Gasteiger partial charge in [0.25, 0.3) is 0 Å². The molecule has 3 heteroatoms. The smallest absolute Gasteiger partial charge is 0.210 e. The molecule has 58 valence electrons. The van der Waals surface area contributed by atoms with Gasteiger partial charge in [0.05, 0.1) is 25.3 Å². The van der Waals surface area contributed by atoms with E-state index in [1.54, 1.807) is 4.90 Å². The highest BCUT2D eigenvalue weighted by Gasteiger charge is 2.22. The lowest BCUT2D eigenvalue weighted by Crippen LogP contribution is -2.48. The van der Waals surface area contributed by atoms with Gasteiger partial charge in [0.1, 0.15) is 0 Å². The van der Waals surface area contributed by atoms with Crippen molar-refractivity contribution in [2.24, 2.45) is 0 Å². The molecule has 0 aromatic heterocycles. The largest absolute Gasteiger partial charge is 0.377 e. The number of carbonyl (C=O) groups excluding carboxylic acids is 1. The molecule has 3 nitrogen and oxygen atoms in total. The van der Waals surface area contributed by atoms with Crippen LogP contribution in [0.2, 0.25) is 0 Å². The van der Waals surface area contributed by atoms with Crippen LogP contribution in [0.15, 0.2) is 0 Å². The fourth-order valence-corrected chi connectivity index (χ4v) is 1.22. The van der Waals surface area contributed by atoms with Gasteiger partial charge >= 0.3 is 0 Å². The lowest BCUT2D eigenvalue weighted by Gasteiger charge is -2.35. The molecule has 1 fully saturated rings. The molecule has 1 aliphatic rings. The van der Waals surface area contributed by atoms with Crippen molar-refractivity contribution in [3.63, 3.8) is 0 Å². The standard InChI is InChI=1S/C7H13NO2/c1-6-3-10-4-7(2)8(6)5-9/h5-7H,3-4H2,1-2H3. The van der Waals surface area contributed by atoms with Gasteiger partial charge in [-0.3, -0.25) is 4.79 Å². The molecule has 0 bridgehead atoms. The van der Waals surface area contributed by atoms with Crippen molar-refractivity contribution < 1.29 is 9.53 Å². The number of ether oxygens (including phenoxy) is 1. The highest BCUT2D eigenvalue weighted by atomic mass is 16.5. The molecule has 0 aliphatic carbocycles. The maximum Gasteiger partial charge on any atom is 0.210 e. The fourth-order valence-electron chi connectivity index (χ4n) is 1.22. The molecule has 10 heavy (non-hydrogen) atoms. The minimum absolute atomic E-state index is 0.237. The van der Waals surface area contributed by atoms with E-state index in [-0.39, 0.29) is 12.1 Å². The van der Waals surface area contributed by atoms with E-state index in [2.05, 4.69) is 0 Å². The summed E-state index contributed by atoms with van der Waals surface area (Å²) in [5.74, 6) is 0. The third-order valence-corrected chi connectivity index (χ3v) is 1.86. The molecular weight excluding hydrogens is 130 g/mol. The molecule has 1 aliphatic heterocycles. The Kier molecular flexibility index (Phi) is 2.27. The van der Waals surface area contributed by atoms with Crippen molar-refractivity contribution in [2.45, 2.75) is 25.9 Å². The van der Waals surface area contributed by atoms with Crippen LogP contribution in [0.5, 0.6) is 0 Å². The Hall–Kier alpha value is -0.570. The zero-order valence-corrected chi connectivity index (χ0v) is 6.41. The number of morpholine rings is 1. The molecular formula is C7H13NO2. The second kappa shape index (κ2) is 3.01. The topological polar surface area (TPSA) is 29.5 Å². The second-order valence-electron chi connectivity index (χ2n) is 2.79. The molecule has 1 heterocycles. The van der Waals surface area contributed by atoms with Crippen LogP contribution in [-0.2, 0) is 9.53 Å². The van der Waals surface area contributed by atoms with Crippen LogP contribution in [0, 0.1) is 0 Å². The van der Waals surface area contributed by atoms with Crippen molar-refractivity contribution >= 4 is 6.41 Å². The van der Waals surface area contributed by atoms with Gasteiger partial charge in [-0.1, -0.05) is 0 Å². The van der Waals surface area contributed by atoms with Crippen LogP contribution in [0.3, 0.4) is 0 Å². The molecule has 1 amide bonds. The number of rotatable bonds is 1. The Labute approximate surface area is 61.0 Å². The summed E-state index contributed by atoms with van der Waals surface area (Å²) in [6.45, 7) is 5.32. The SMILES string of the molecule is CC1COCC(C)N1C=O. The fraction of sp³-hybridized carbons (Fsp3) is 0.857. The van der Waals surface area contributed by atoms with Crippen LogP contribution in [0.4, 0.5) is 0 Å². The highest BCUT2D eigenvalue weighted by molar-refractivity contribution is 5.48. The summed E-state index contributed by atoms with van der Waals surface area (Å²) in [4.78, 5) is 12.2. The summed E-state index contributed by atoms with van der Waals surface area (Å²) in [6.07, 6.45) is 0.901. The first-order valence-electron chi connectivity index (χ1n) is 3.56. The van der Waals surface area contributed by atoms with Gasteiger partial charge in [-0.25, -0.2) is 0 Å². The molecule has 0 saturated carbocycles. The highest BCUT2D eigenvalue weighted by Crippen LogP contribution is 2.09. The van der Waals surface area contributed by atoms with Crippen LogP contribution >= 0.6 is 0 Å². The predicted octanol–water partition coefficient (Wildman–Crippen LogP) is 0.252. The minimum atomic E-state index is 0.237. The molecule has 0 aromatic rings. The van der Waals surface area contributed by atoms with Gasteiger partial charge in [-0.15, -0.1) is 0 Å². The number of nitrogens with zero attached hydrogens (tertiary/aromatic N) is 1.